The van der Waals surface area contributed by atoms with E-state index in [4.69, 9.17) is 10.2 Å². The Morgan fingerprint density at radius 1 is 1.26 bits per heavy atom. The molecule has 1 aliphatic heterocycles. The number of halogens is 1. The molecule has 0 saturated heterocycles. The van der Waals surface area contributed by atoms with Crippen LogP contribution in [-0.2, 0) is 13.0 Å². The maximum atomic E-state index is 6.31. The highest BCUT2D eigenvalue weighted by Crippen LogP contribution is 2.28. The Morgan fingerprint density at radius 2 is 2.04 bits per heavy atom. The van der Waals surface area contributed by atoms with Crippen molar-refractivity contribution >= 4 is 29.3 Å². The molecule has 0 radical (unpaired) electrons. The monoisotopic (exact) mass is 333 g/mol. The summed E-state index contributed by atoms with van der Waals surface area (Å²) in [6, 6.07) is 8.61. The second-order valence-corrected chi connectivity index (χ2v) is 6.00. The van der Waals surface area contributed by atoms with Gasteiger partial charge < -0.3 is 10.2 Å². The van der Waals surface area contributed by atoms with Gasteiger partial charge in [-0.25, -0.2) is 0 Å². The third-order valence-electron chi connectivity index (χ3n) is 4.30. The van der Waals surface area contributed by atoms with E-state index in [1.807, 2.05) is 24.3 Å². The molecule has 6 nitrogen and oxygen atoms in total. The zero-order chi connectivity index (χ0) is 15.3. The van der Waals surface area contributed by atoms with Crippen molar-refractivity contribution in [1.29, 1.82) is 0 Å². The molecule has 3 aromatic rings. The van der Waals surface area contributed by atoms with Gasteiger partial charge in [0.25, 0.3) is 0 Å². The van der Waals surface area contributed by atoms with Crippen molar-refractivity contribution in [2.75, 3.05) is 12.3 Å². The van der Waals surface area contributed by atoms with E-state index in [1.165, 1.54) is 0 Å². The molecular formula is C16H20ClN5O. The topological polar surface area (TPSA) is 73.1 Å². The summed E-state index contributed by atoms with van der Waals surface area (Å²) < 4.78 is 7.42. The third-order valence-corrected chi connectivity index (χ3v) is 4.30. The van der Waals surface area contributed by atoms with Crippen LogP contribution in [0.1, 0.15) is 25.1 Å². The molecule has 7 heteroatoms. The van der Waals surface area contributed by atoms with Gasteiger partial charge >= 0.3 is 6.01 Å². The zero-order valence-corrected chi connectivity index (χ0v) is 14.0. The van der Waals surface area contributed by atoms with E-state index < -0.39 is 0 Å². The van der Waals surface area contributed by atoms with E-state index in [9.17, 15) is 0 Å². The van der Waals surface area contributed by atoms with Gasteiger partial charge in [0, 0.05) is 31.1 Å². The zero-order valence-electron chi connectivity index (χ0n) is 13.2. The molecule has 0 fully saturated rings. The largest absolute Gasteiger partial charge is 0.422 e. The van der Waals surface area contributed by atoms with Crippen LogP contribution in [0, 0.1) is 0 Å². The molecule has 0 saturated carbocycles. The lowest BCUT2D eigenvalue weighted by Gasteiger charge is -2.29. The number of oxazole rings is 1. The number of hydrogen-bond donors (Lipinski definition) is 1. The van der Waals surface area contributed by atoms with Crippen LogP contribution in [0.4, 0.5) is 5.82 Å². The van der Waals surface area contributed by atoms with Gasteiger partial charge in [-0.3, -0.25) is 4.90 Å². The van der Waals surface area contributed by atoms with Crippen LogP contribution in [0.5, 0.6) is 0 Å². The highest BCUT2D eigenvalue weighted by atomic mass is 35.5. The van der Waals surface area contributed by atoms with Crippen molar-refractivity contribution in [2.24, 2.45) is 0 Å². The van der Waals surface area contributed by atoms with Gasteiger partial charge in [0.15, 0.2) is 5.58 Å². The quantitative estimate of drug-likeness (QED) is 0.780. The summed E-state index contributed by atoms with van der Waals surface area (Å²) in [5.74, 6) is 0.631. The van der Waals surface area contributed by atoms with Crippen molar-refractivity contribution < 1.29 is 4.42 Å². The maximum Gasteiger partial charge on any atom is 0.325 e. The van der Waals surface area contributed by atoms with Crippen molar-refractivity contribution in [3.8, 4) is 6.01 Å². The fourth-order valence-corrected chi connectivity index (χ4v) is 2.95. The minimum atomic E-state index is 0. The van der Waals surface area contributed by atoms with Crippen LogP contribution < -0.4 is 5.73 Å². The number of hydrogen-bond acceptors (Lipinski definition) is 5. The molecule has 0 unspecified atom stereocenters. The molecule has 122 valence electrons. The number of nitrogens with two attached hydrogens (primary N) is 1. The Bertz CT molecular complexity index is 805. The smallest absolute Gasteiger partial charge is 0.325 e. The second kappa shape index (κ2) is 5.86. The molecule has 2 aromatic heterocycles. The number of nitrogen functional groups attached to an aromatic ring is 1. The number of anilines is 1. The first-order valence-corrected chi connectivity index (χ1v) is 7.59. The fourth-order valence-electron chi connectivity index (χ4n) is 2.95. The summed E-state index contributed by atoms with van der Waals surface area (Å²) in [4.78, 5) is 6.88. The molecule has 0 aliphatic carbocycles. The van der Waals surface area contributed by atoms with Crippen molar-refractivity contribution in [3.63, 3.8) is 0 Å². The number of rotatable bonds is 2. The number of benzene rings is 1. The van der Waals surface area contributed by atoms with Crippen molar-refractivity contribution in [3.05, 3.63) is 35.5 Å². The molecule has 2 N–H and O–H groups in total. The average molecular weight is 334 g/mol. The number of aromatic nitrogens is 3. The standard InChI is InChI=1S/C16H19N5O.ClH/c1-10(2)20-8-7-12-11(9-20)15(17)21(19-12)16-18-13-5-3-4-6-14(13)22-16;/h3-6,10H,7-9,17H2,1-2H3;1H. The van der Waals surface area contributed by atoms with Gasteiger partial charge in [-0.1, -0.05) is 12.1 Å². The molecule has 1 aromatic carbocycles. The first-order valence-electron chi connectivity index (χ1n) is 7.59. The van der Waals surface area contributed by atoms with Crippen LogP contribution in [0.15, 0.2) is 28.7 Å². The SMILES string of the molecule is CC(C)N1CCc2nn(-c3nc4ccccc4o3)c(N)c2C1.Cl. The van der Waals surface area contributed by atoms with Crippen LogP contribution in [0.3, 0.4) is 0 Å². The van der Waals surface area contributed by atoms with E-state index in [0.29, 0.717) is 17.9 Å². The van der Waals surface area contributed by atoms with Crippen LogP contribution >= 0.6 is 12.4 Å². The Morgan fingerprint density at radius 3 is 2.78 bits per heavy atom. The van der Waals surface area contributed by atoms with Gasteiger partial charge in [-0.05, 0) is 26.0 Å². The normalized spacial score (nSPS) is 14.9. The van der Waals surface area contributed by atoms with Crippen LogP contribution in [-0.4, -0.2) is 32.3 Å². The van der Waals surface area contributed by atoms with Crippen molar-refractivity contribution in [1.82, 2.24) is 19.7 Å². The van der Waals surface area contributed by atoms with Gasteiger partial charge in [0.1, 0.15) is 11.3 Å². The van der Waals surface area contributed by atoms with Crippen LogP contribution in [0.25, 0.3) is 17.1 Å². The average Bonchev–Trinajstić information content (AvgIpc) is 3.08. The fraction of sp³-hybridized carbons (Fsp3) is 0.375. The van der Waals surface area contributed by atoms with Gasteiger partial charge in [0.05, 0.1) is 5.69 Å². The van der Waals surface area contributed by atoms with E-state index in [1.54, 1.807) is 4.68 Å². The first kappa shape index (κ1) is 15.8. The van der Waals surface area contributed by atoms with Gasteiger partial charge in [-0.2, -0.15) is 14.8 Å². The second-order valence-electron chi connectivity index (χ2n) is 6.00. The lowest BCUT2D eigenvalue weighted by Crippen LogP contribution is -2.35. The number of fused-ring (bicyclic) bond motifs is 2. The summed E-state index contributed by atoms with van der Waals surface area (Å²) in [6.45, 7) is 6.24. The summed E-state index contributed by atoms with van der Waals surface area (Å²) >= 11 is 0. The third kappa shape index (κ3) is 2.58. The number of para-hydroxylation sites is 2. The minimum Gasteiger partial charge on any atom is -0.422 e. The van der Waals surface area contributed by atoms with Gasteiger partial charge in [-0.15, -0.1) is 12.4 Å². The highest BCUT2D eigenvalue weighted by molar-refractivity contribution is 5.85. The Kier molecular flexibility index (Phi) is 4.04. The Labute approximate surface area is 140 Å². The van der Waals surface area contributed by atoms with E-state index in [2.05, 4.69) is 28.8 Å². The molecule has 0 amide bonds. The summed E-state index contributed by atoms with van der Waals surface area (Å²) in [5, 5.41) is 4.62. The predicted octanol–water partition coefficient (Wildman–Crippen LogP) is 2.78. The molecule has 0 spiro atoms. The predicted molar refractivity (Wildman–Crippen MR) is 92.0 cm³/mol. The molecular weight excluding hydrogens is 314 g/mol. The molecule has 0 atom stereocenters. The maximum absolute atomic E-state index is 6.31. The molecule has 1 aliphatic rings. The molecule has 3 heterocycles. The number of nitrogens with zero attached hydrogens (tertiary/aromatic N) is 4. The summed E-state index contributed by atoms with van der Waals surface area (Å²) in [6.07, 6.45) is 0.908. The van der Waals surface area contributed by atoms with E-state index in [0.717, 1.165) is 41.9 Å². The molecule has 4 rings (SSSR count). The molecule has 23 heavy (non-hydrogen) atoms. The lowest BCUT2D eigenvalue weighted by molar-refractivity contribution is 0.203. The van der Waals surface area contributed by atoms with E-state index >= 15 is 0 Å². The highest BCUT2D eigenvalue weighted by Gasteiger charge is 2.26. The Balaban J connectivity index is 0.00000156. The van der Waals surface area contributed by atoms with Crippen LogP contribution in [0.2, 0.25) is 0 Å². The lowest BCUT2D eigenvalue weighted by atomic mass is 10.1. The summed E-state index contributed by atoms with van der Waals surface area (Å²) in [7, 11) is 0. The first-order chi connectivity index (χ1) is 10.6. The minimum absolute atomic E-state index is 0. The Hall–Kier alpha value is -2.05. The molecule has 0 bridgehead atoms. The van der Waals surface area contributed by atoms with Gasteiger partial charge in [0.2, 0.25) is 0 Å². The summed E-state index contributed by atoms with van der Waals surface area (Å²) in [5.41, 5.74) is 10.0. The van der Waals surface area contributed by atoms with E-state index in [-0.39, 0.29) is 12.4 Å². The van der Waals surface area contributed by atoms with Crippen molar-refractivity contribution in [2.45, 2.75) is 32.9 Å².